The number of rotatable bonds is 2. The Morgan fingerprint density at radius 2 is 1.85 bits per heavy atom. The molecule has 0 fully saturated rings. The smallest absolute Gasteiger partial charge is 0.121 e. The van der Waals surface area contributed by atoms with E-state index in [1.807, 2.05) is 18.2 Å². The molecule has 0 atom stereocenters. The topological polar surface area (TPSA) is 35.2 Å². The minimum atomic E-state index is 0. The van der Waals surface area contributed by atoms with Crippen molar-refractivity contribution in [2.45, 2.75) is 19.8 Å². The second-order valence-corrected chi connectivity index (χ2v) is 3.19. The van der Waals surface area contributed by atoms with Gasteiger partial charge in [-0.2, -0.15) is 0 Å². The third kappa shape index (κ3) is 3.15. The standard InChI is InChI=1S/C10H15NO.ClH/c1-7(2)8-4-9(11)6-10(5-8)12-3;/h4-7H,11H2,1-3H3;1H. The first-order valence-electron chi connectivity index (χ1n) is 4.08. The van der Waals surface area contributed by atoms with Crippen LogP contribution in [-0.4, -0.2) is 7.11 Å². The zero-order valence-electron chi connectivity index (χ0n) is 8.20. The molecule has 0 amide bonds. The van der Waals surface area contributed by atoms with Crippen molar-refractivity contribution in [3.05, 3.63) is 23.8 Å². The monoisotopic (exact) mass is 201 g/mol. The van der Waals surface area contributed by atoms with Crippen molar-refractivity contribution in [2.75, 3.05) is 12.8 Å². The van der Waals surface area contributed by atoms with E-state index in [0.29, 0.717) is 5.92 Å². The van der Waals surface area contributed by atoms with Crippen LogP contribution in [0.1, 0.15) is 25.3 Å². The van der Waals surface area contributed by atoms with Gasteiger partial charge in [0.1, 0.15) is 5.75 Å². The quantitative estimate of drug-likeness (QED) is 0.747. The lowest BCUT2D eigenvalue weighted by atomic mass is 10.0. The summed E-state index contributed by atoms with van der Waals surface area (Å²) in [4.78, 5) is 0. The maximum Gasteiger partial charge on any atom is 0.121 e. The second kappa shape index (κ2) is 4.97. The van der Waals surface area contributed by atoms with E-state index in [1.165, 1.54) is 5.56 Å². The van der Waals surface area contributed by atoms with Crippen LogP contribution < -0.4 is 10.5 Å². The van der Waals surface area contributed by atoms with Gasteiger partial charge in [-0.15, -0.1) is 12.4 Å². The highest BCUT2D eigenvalue weighted by molar-refractivity contribution is 5.85. The number of hydrogen-bond acceptors (Lipinski definition) is 2. The molecular weight excluding hydrogens is 186 g/mol. The molecule has 0 bridgehead atoms. The van der Waals surface area contributed by atoms with E-state index in [9.17, 15) is 0 Å². The summed E-state index contributed by atoms with van der Waals surface area (Å²) >= 11 is 0. The minimum Gasteiger partial charge on any atom is -0.497 e. The minimum absolute atomic E-state index is 0. The second-order valence-electron chi connectivity index (χ2n) is 3.19. The fourth-order valence-corrected chi connectivity index (χ4v) is 1.10. The van der Waals surface area contributed by atoms with Gasteiger partial charge in [-0.25, -0.2) is 0 Å². The molecule has 1 aromatic rings. The summed E-state index contributed by atoms with van der Waals surface area (Å²) in [5, 5.41) is 0. The molecule has 0 unspecified atom stereocenters. The lowest BCUT2D eigenvalue weighted by molar-refractivity contribution is 0.414. The predicted octanol–water partition coefficient (Wildman–Crippen LogP) is 2.82. The maximum absolute atomic E-state index is 5.69. The molecule has 74 valence electrons. The Bertz CT molecular complexity index is 274. The molecule has 0 radical (unpaired) electrons. The SMILES string of the molecule is COc1cc(N)cc(C(C)C)c1.Cl. The number of halogens is 1. The molecule has 0 aromatic heterocycles. The zero-order chi connectivity index (χ0) is 9.14. The predicted molar refractivity (Wildman–Crippen MR) is 58.7 cm³/mol. The van der Waals surface area contributed by atoms with Crippen molar-refractivity contribution < 1.29 is 4.74 Å². The molecule has 2 N–H and O–H groups in total. The van der Waals surface area contributed by atoms with Crippen molar-refractivity contribution in [1.82, 2.24) is 0 Å². The molecule has 0 aliphatic carbocycles. The maximum atomic E-state index is 5.69. The van der Waals surface area contributed by atoms with Gasteiger partial charge in [0.25, 0.3) is 0 Å². The van der Waals surface area contributed by atoms with E-state index in [4.69, 9.17) is 10.5 Å². The number of hydrogen-bond donors (Lipinski definition) is 1. The highest BCUT2D eigenvalue weighted by atomic mass is 35.5. The average molecular weight is 202 g/mol. The van der Waals surface area contributed by atoms with Crippen LogP contribution in [-0.2, 0) is 0 Å². The van der Waals surface area contributed by atoms with Crippen molar-refractivity contribution in [1.29, 1.82) is 0 Å². The van der Waals surface area contributed by atoms with E-state index in [1.54, 1.807) is 7.11 Å². The molecule has 0 heterocycles. The Hall–Kier alpha value is -0.890. The molecule has 1 rings (SSSR count). The number of anilines is 1. The molecule has 1 aromatic carbocycles. The highest BCUT2D eigenvalue weighted by Crippen LogP contribution is 2.23. The summed E-state index contributed by atoms with van der Waals surface area (Å²) in [6, 6.07) is 5.82. The summed E-state index contributed by atoms with van der Waals surface area (Å²) in [7, 11) is 1.65. The first-order chi connectivity index (χ1) is 5.63. The number of nitrogens with two attached hydrogens (primary N) is 1. The molecule has 3 heteroatoms. The molecule has 0 saturated carbocycles. The Balaban J connectivity index is 0.00000144. The first-order valence-corrected chi connectivity index (χ1v) is 4.08. The van der Waals surface area contributed by atoms with Gasteiger partial charge in [0.2, 0.25) is 0 Å². The zero-order valence-corrected chi connectivity index (χ0v) is 9.02. The van der Waals surface area contributed by atoms with Crippen LogP contribution in [0.5, 0.6) is 5.75 Å². The van der Waals surface area contributed by atoms with Crippen LogP contribution in [0.15, 0.2) is 18.2 Å². The summed E-state index contributed by atoms with van der Waals surface area (Å²) in [6.07, 6.45) is 0. The van der Waals surface area contributed by atoms with Crippen molar-refractivity contribution in [3.63, 3.8) is 0 Å². The van der Waals surface area contributed by atoms with Crippen LogP contribution in [0.25, 0.3) is 0 Å². The fraction of sp³-hybridized carbons (Fsp3) is 0.400. The van der Waals surface area contributed by atoms with E-state index < -0.39 is 0 Å². The molecule has 0 saturated heterocycles. The van der Waals surface area contributed by atoms with E-state index >= 15 is 0 Å². The Kier molecular flexibility index (Phi) is 4.63. The third-order valence-corrected chi connectivity index (χ3v) is 1.85. The van der Waals surface area contributed by atoms with Gasteiger partial charge in [-0.1, -0.05) is 13.8 Å². The largest absolute Gasteiger partial charge is 0.497 e. The van der Waals surface area contributed by atoms with Gasteiger partial charge in [-0.3, -0.25) is 0 Å². The molecular formula is C10H16ClNO. The number of ether oxygens (including phenoxy) is 1. The number of methoxy groups -OCH3 is 1. The summed E-state index contributed by atoms with van der Waals surface area (Å²) < 4.78 is 5.11. The number of benzene rings is 1. The van der Waals surface area contributed by atoms with Gasteiger partial charge in [-0.05, 0) is 23.6 Å². The van der Waals surface area contributed by atoms with E-state index in [0.717, 1.165) is 11.4 Å². The summed E-state index contributed by atoms with van der Waals surface area (Å²) in [5.41, 5.74) is 7.67. The Morgan fingerprint density at radius 1 is 1.23 bits per heavy atom. The highest BCUT2D eigenvalue weighted by Gasteiger charge is 2.02. The van der Waals surface area contributed by atoms with Crippen LogP contribution in [0.4, 0.5) is 5.69 Å². The number of nitrogen functional groups attached to an aromatic ring is 1. The van der Waals surface area contributed by atoms with Gasteiger partial charge >= 0.3 is 0 Å². The van der Waals surface area contributed by atoms with Crippen molar-refractivity contribution >= 4 is 18.1 Å². The fourth-order valence-electron chi connectivity index (χ4n) is 1.10. The normalized spacial score (nSPS) is 9.54. The lowest BCUT2D eigenvalue weighted by Crippen LogP contribution is -1.93. The van der Waals surface area contributed by atoms with Gasteiger partial charge in [0.15, 0.2) is 0 Å². The van der Waals surface area contributed by atoms with Crippen LogP contribution >= 0.6 is 12.4 Å². The third-order valence-electron chi connectivity index (χ3n) is 1.85. The van der Waals surface area contributed by atoms with Gasteiger partial charge < -0.3 is 10.5 Å². The van der Waals surface area contributed by atoms with Crippen LogP contribution in [0.2, 0.25) is 0 Å². The lowest BCUT2D eigenvalue weighted by Gasteiger charge is -2.08. The van der Waals surface area contributed by atoms with Crippen LogP contribution in [0, 0.1) is 0 Å². The van der Waals surface area contributed by atoms with E-state index in [2.05, 4.69) is 13.8 Å². The average Bonchev–Trinajstić information content (AvgIpc) is 2.03. The van der Waals surface area contributed by atoms with E-state index in [-0.39, 0.29) is 12.4 Å². The van der Waals surface area contributed by atoms with Gasteiger partial charge in [0, 0.05) is 11.8 Å². The molecule has 2 nitrogen and oxygen atoms in total. The van der Waals surface area contributed by atoms with Gasteiger partial charge in [0.05, 0.1) is 7.11 Å². The molecule has 13 heavy (non-hydrogen) atoms. The summed E-state index contributed by atoms with van der Waals surface area (Å²) in [5.74, 6) is 1.32. The molecule has 0 aliphatic rings. The Labute approximate surface area is 85.5 Å². The van der Waals surface area contributed by atoms with Crippen molar-refractivity contribution in [2.24, 2.45) is 0 Å². The molecule has 0 aliphatic heterocycles. The van der Waals surface area contributed by atoms with Crippen molar-refractivity contribution in [3.8, 4) is 5.75 Å². The summed E-state index contributed by atoms with van der Waals surface area (Å²) in [6.45, 7) is 4.27. The molecule has 0 spiro atoms. The Morgan fingerprint density at radius 3 is 2.31 bits per heavy atom. The van der Waals surface area contributed by atoms with Crippen LogP contribution in [0.3, 0.4) is 0 Å². The first kappa shape index (κ1) is 12.1.